The van der Waals surface area contributed by atoms with E-state index in [9.17, 15) is 0 Å². The number of hydrogen-bond acceptors (Lipinski definition) is 1. The molecule has 24 heavy (non-hydrogen) atoms. The van der Waals surface area contributed by atoms with E-state index in [0.717, 1.165) is 19.0 Å². The van der Waals surface area contributed by atoms with Crippen molar-refractivity contribution in [2.24, 2.45) is 0 Å². The zero-order valence-corrected chi connectivity index (χ0v) is 14.8. The maximum atomic E-state index is 3.60. The highest BCUT2D eigenvalue weighted by molar-refractivity contribution is 5.72. The van der Waals surface area contributed by atoms with Crippen molar-refractivity contribution >= 4 is 0 Å². The van der Waals surface area contributed by atoms with Crippen LogP contribution in [0.5, 0.6) is 0 Å². The maximum Gasteiger partial charge on any atom is 0.0518 e. The molecule has 1 fully saturated rings. The molecule has 126 valence electrons. The third kappa shape index (κ3) is 2.27. The number of fused-ring (bicyclic) bond motifs is 5. The summed E-state index contributed by atoms with van der Waals surface area (Å²) in [4.78, 5) is 0. The highest BCUT2D eigenvalue weighted by Gasteiger charge is 2.27. The van der Waals surface area contributed by atoms with Crippen LogP contribution >= 0.6 is 0 Å². The van der Waals surface area contributed by atoms with Crippen molar-refractivity contribution < 1.29 is 0 Å². The van der Waals surface area contributed by atoms with E-state index in [2.05, 4.69) is 41.1 Å². The average Bonchev–Trinajstić information content (AvgIpc) is 3.02. The van der Waals surface area contributed by atoms with Crippen LogP contribution in [-0.4, -0.2) is 11.1 Å². The van der Waals surface area contributed by atoms with Crippen LogP contribution in [0.2, 0.25) is 0 Å². The Balaban J connectivity index is 1.57. The molecule has 1 unspecified atom stereocenters. The lowest BCUT2D eigenvalue weighted by molar-refractivity contribution is 0.443. The fraction of sp³-hybridized carbons (Fsp3) is 0.545. The van der Waals surface area contributed by atoms with E-state index in [1.807, 2.05) is 0 Å². The van der Waals surface area contributed by atoms with Crippen LogP contribution in [0.3, 0.4) is 0 Å². The van der Waals surface area contributed by atoms with Crippen LogP contribution in [0.1, 0.15) is 73.4 Å². The molecule has 1 saturated carbocycles. The van der Waals surface area contributed by atoms with E-state index in [0.29, 0.717) is 6.04 Å². The first kappa shape index (κ1) is 14.8. The number of nitrogens with zero attached hydrogens (tertiary/aromatic N) is 1. The summed E-state index contributed by atoms with van der Waals surface area (Å²) in [5.41, 5.74) is 9.29. The predicted molar refractivity (Wildman–Crippen MR) is 99.5 cm³/mol. The highest BCUT2D eigenvalue weighted by atomic mass is 15.1. The lowest BCUT2D eigenvalue weighted by atomic mass is 9.81. The molecule has 2 nitrogen and oxygen atoms in total. The van der Waals surface area contributed by atoms with Crippen molar-refractivity contribution in [3.8, 4) is 11.3 Å². The summed E-state index contributed by atoms with van der Waals surface area (Å²) in [5, 5.41) is 3.60. The second-order valence-electron chi connectivity index (χ2n) is 8.02. The predicted octanol–water partition coefficient (Wildman–Crippen LogP) is 4.97. The largest absolute Gasteiger partial charge is 0.342 e. The average molecular weight is 320 g/mol. The van der Waals surface area contributed by atoms with Gasteiger partial charge in [0.05, 0.1) is 5.69 Å². The third-order valence-corrected chi connectivity index (χ3v) is 6.56. The van der Waals surface area contributed by atoms with Crippen LogP contribution in [0, 0.1) is 0 Å². The quantitative estimate of drug-likeness (QED) is 0.785. The monoisotopic (exact) mass is 320 g/mol. The molecule has 2 aliphatic carbocycles. The van der Waals surface area contributed by atoms with Crippen molar-refractivity contribution in [3.05, 3.63) is 46.6 Å². The van der Waals surface area contributed by atoms with Crippen LogP contribution in [0.15, 0.2) is 24.3 Å². The number of aryl methyl sites for hydroxylation is 2. The van der Waals surface area contributed by atoms with E-state index >= 15 is 0 Å². The zero-order valence-electron chi connectivity index (χ0n) is 14.8. The molecular weight excluding hydrogens is 292 g/mol. The Kier molecular flexibility index (Phi) is 3.55. The number of nitrogens with one attached hydrogen (secondary N) is 1. The first-order valence-electron chi connectivity index (χ1n) is 9.90. The molecule has 5 rings (SSSR count). The van der Waals surface area contributed by atoms with Gasteiger partial charge in [-0.2, -0.15) is 0 Å². The van der Waals surface area contributed by atoms with E-state index in [1.165, 1.54) is 61.9 Å². The summed E-state index contributed by atoms with van der Waals surface area (Å²) in [7, 11) is 0. The van der Waals surface area contributed by atoms with E-state index in [-0.39, 0.29) is 0 Å². The highest BCUT2D eigenvalue weighted by Crippen LogP contribution is 2.41. The minimum absolute atomic E-state index is 0.481. The van der Waals surface area contributed by atoms with E-state index in [1.54, 1.807) is 16.7 Å². The van der Waals surface area contributed by atoms with Gasteiger partial charge in [-0.3, -0.25) is 0 Å². The number of benzene rings is 1. The van der Waals surface area contributed by atoms with E-state index in [4.69, 9.17) is 0 Å². The molecule has 1 aromatic carbocycles. The van der Waals surface area contributed by atoms with Crippen molar-refractivity contribution in [3.63, 3.8) is 0 Å². The first-order chi connectivity index (χ1) is 11.8. The second kappa shape index (κ2) is 5.77. The summed E-state index contributed by atoms with van der Waals surface area (Å²) >= 11 is 0. The van der Waals surface area contributed by atoms with Gasteiger partial charge in [-0.15, -0.1) is 0 Å². The van der Waals surface area contributed by atoms with Gasteiger partial charge >= 0.3 is 0 Å². The number of rotatable bonds is 1. The van der Waals surface area contributed by atoms with Gasteiger partial charge in [-0.1, -0.05) is 37.5 Å². The van der Waals surface area contributed by atoms with Crippen molar-refractivity contribution in [2.45, 2.75) is 70.4 Å². The molecule has 0 amide bonds. The molecule has 0 radical (unpaired) electrons. The van der Waals surface area contributed by atoms with Gasteiger partial charge in [0, 0.05) is 30.4 Å². The molecule has 0 saturated heterocycles. The minimum Gasteiger partial charge on any atom is -0.342 e. The Bertz CT molecular complexity index is 765. The summed E-state index contributed by atoms with van der Waals surface area (Å²) in [6.07, 6.45) is 9.50. The molecule has 3 aliphatic rings. The Hall–Kier alpha value is -1.54. The van der Waals surface area contributed by atoms with Gasteiger partial charge in [0.2, 0.25) is 0 Å². The van der Waals surface area contributed by atoms with E-state index < -0.39 is 0 Å². The molecule has 0 spiro atoms. The third-order valence-electron chi connectivity index (χ3n) is 6.56. The number of hydrogen-bond donors (Lipinski definition) is 1. The molecule has 1 aromatic heterocycles. The lowest BCUT2D eigenvalue weighted by Gasteiger charge is -2.28. The SMILES string of the molecule is CC1NCCn2c1cc1c2-c2ccc(C3CCCCC3)cc2CC1. The minimum atomic E-state index is 0.481. The standard InChI is InChI=1S/C22H28N2/c1-15-21-14-19-8-7-18-13-17(16-5-3-2-4-6-16)9-10-20(18)22(19)24(21)12-11-23-15/h9-10,13-16,23H,2-8,11-12H2,1H3. The molecule has 0 bridgehead atoms. The smallest absolute Gasteiger partial charge is 0.0518 e. The Morgan fingerprint density at radius 2 is 1.83 bits per heavy atom. The van der Waals surface area contributed by atoms with Crippen molar-refractivity contribution in [2.75, 3.05) is 6.54 Å². The second-order valence-corrected chi connectivity index (χ2v) is 8.02. The van der Waals surface area contributed by atoms with Crippen LogP contribution < -0.4 is 5.32 Å². The lowest BCUT2D eigenvalue weighted by Crippen LogP contribution is -2.31. The topological polar surface area (TPSA) is 17.0 Å². The van der Waals surface area contributed by atoms with Crippen molar-refractivity contribution in [1.29, 1.82) is 0 Å². The fourth-order valence-corrected chi connectivity index (χ4v) is 5.24. The molecule has 2 aromatic rings. The molecule has 1 atom stereocenters. The van der Waals surface area contributed by atoms with Crippen LogP contribution in [0.25, 0.3) is 11.3 Å². The van der Waals surface area contributed by atoms with Crippen LogP contribution in [0.4, 0.5) is 0 Å². The fourth-order valence-electron chi connectivity index (χ4n) is 5.24. The summed E-state index contributed by atoms with van der Waals surface area (Å²) in [6, 6.07) is 10.4. The Morgan fingerprint density at radius 1 is 1.00 bits per heavy atom. The van der Waals surface area contributed by atoms with Crippen molar-refractivity contribution in [1.82, 2.24) is 9.88 Å². The zero-order chi connectivity index (χ0) is 16.1. The van der Waals surface area contributed by atoms with Gasteiger partial charge in [0.15, 0.2) is 0 Å². The molecule has 1 aliphatic heterocycles. The Morgan fingerprint density at radius 3 is 2.71 bits per heavy atom. The molecule has 2 heterocycles. The van der Waals surface area contributed by atoms with Gasteiger partial charge in [-0.05, 0) is 61.3 Å². The molecular formula is C22H28N2. The first-order valence-corrected chi connectivity index (χ1v) is 9.90. The summed E-state index contributed by atoms with van der Waals surface area (Å²) in [5.74, 6) is 0.816. The van der Waals surface area contributed by atoms with Gasteiger partial charge in [0.1, 0.15) is 0 Å². The summed E-state index contributed by atoms with van der Waals surface area (Å²) in [6.45, 7) is 4.49. The summed E-state index contributed by atoms with van der Waals surface area (Å²) < 4.78 is 2.59. The van der Waals surface area contributed by atoms with Gasteiger partial charge < -0.3 is 9.88 Å². The van der Waals surface area contributed by atoms with Gasteiger partial charge in [-0.25, -0.2) is 0 Å². The maximum absolute atomic E-state index is 3.60. The van der Waals surface area contributed by atoms with Gasteiger partial charge in [0.25, 0.3) is 0 Å². The molecule has 1 N–H and O–H groups in total. The normalized spacial score (nSPS) is 23.5. The van der Waals surface area contributed by atoms with Crippen LogP contribution in [-0.2, 0) is 19.4 Å². The number of aromatic nitrogens is 1. The molecule has 2 heteroatoms. The Labute approximate surface area is 145 Å².